The number of aromatic nitrogens is 1. The minimum Gasteiger partial charge on any atom is -0.326 e. The van der Waals surface area contributed by atoms with Crippen molar-refractivity contribution in [2.45, 2.75) is 39.2 Å². The second kappa shape index (κ2) is 5.25. The maximum atomic E-state index is 12.6. The van der Waals surface area contributed by atoms with Gasteiger partial charge in [0, 0.05) is 23.5 Å². The average molecular weight is 268 g/mol. The maximum absolute atomic E-state index is 12.6. The molecule has 1 aromatic heterocycles. The number of fused-ring (bicyclic) bond motifs is 1. The van der Waals surface area contributed by atoms with Crippen molar-refractivity contribution < 1.29 is 0 Å². The summed E-state index contributed by atoms with van der Waals surface area (Å²) in [7, 11) is 0. The Balaban J connectivity index is 2.21. The molecule has 20 heavy (non-hydrogen) atoms. The monoisotopic (exact) mass is 268 g/mol. The first-order valence-electron chi connectivity index (χ1n) is 7.30. The van der Waals surface area contributed by atoms with E-state index in [1.807, 2.05) is 22.8 Å². The first kappa shape index (κ1) is 13.1. The average Bonchev–Trinajstić information content (AvgIpc) is 2.94. The van der Waals surface area contributed by atoms with Gasteiger partial charge >= 0.3 is 0 Å². The molecule has 3 rings (SSSR count). The second-order valence-corrected chi connectivity index (χ2v) is 5.36. The summed E-state index contributed by atoms with van der Waals surface area (Å²) in [4.78, 5) is 12.6. The van der Waals surface area contributed by atoms with Gasteiger partial charge in [-0.25, -0.2) is 0 Å². The van der Waals surface area contributed by atoms with E-state index >= 15 is 0 Å². The van der Waals surface area contributed by atoms with Gasteiger partial charge < -0.3 is 5.73 Å². The molecule has 1 heterocycles. The van der Waals surface area contributed by atoms with Crippen molar-refractivity contribution in [1.82, 2.24) is 4.57 Å². The molecule has 2 N–H and O–H groups in total. The van der Waals surface area contributed by atoms with Gasteiger partial charge in [-0.3, -0.25) is 9.36 Å². The molecule has 104 valence electrons. The lowest BCUT2D eigenvalue weighted by Gasteiger charge is -2.14. The molecule has 1 aliphatic carbocycles. The van der Waals surface area contributed by atoms with Gasteiger partial charge in [-0.05, 0) is 55.0 Å². The van der Waals surface area contributed by atoms with E-state index in [1.165, 1.54) is 11.1 Å². The van der Waals surface area contributed by atoms with Crippen LogP contribution >= 0.6 is 0 Å². The van der Waals surface area contributed by atoms with Gasteiger partial charge in [-0.1, -0.05) is 19.1 Å². The summed E-state index contributed by atoms with van der Waals surface area (Å²) >= 11 is 0. The van der Waals surface area contributed by atoms with Gasteiger partial charge in [0.25, 0.3) is 5.56 Å². The normalized spacial score (nSPS) is 13.5. The zero-order valence-corrected chi connectivity index (χ0v) is 11.9. The summed E-state index contributed by atoms with van der Waals surface area (Å²) in [5, 5.41) is 0. The largest absolute Gasteiger partial charge is 0.326 e. The minimum atomic E-state index is 0.0393. The fraction of sp³-hybridized carbons (Fsp3) is 0.353. The topological polar surface area (TPSA) is 48.0 Å². The number of hydrogen-bond acceptors (Lipinski definition) is 2. The van der Waals surface area contributed by atoms with Crippen molar-refractivity contribution in [2.75, 3.05) is 0 Å². The highest BCUT2D eigenvalue weighted by molar-refractivity contribution is 5.42. The van der Waals surface area contributed by atoms with Crippen molar-refractivity contribution in [2.24, 2.45) is 5.73 Å². The summed E-state index contributed by atoms with van der Waals surface area (Å²) in [6.07, 6.45) is 4.16. The smallest absolute Gasteiger partial charge is 0.259 e. The minimum absolute atomic E-state index is 0.0393. The Bertz CT molecular complexity index is 683. The first-order valence-corrected chi connectivity index (χ1v) is 7.30. The highest BCUT2D eigenvalue weighted by Crippen LogP contribution is 2.24. The number of rotatable bonds is 3. The Kier molecular flexibility index (Phi) is 3.45. The number of benzene rings is 1. The van der Waals surface area contributed by atoms with Crippen LogP contribution in [0.3, 0.4) is 0 Å². The molecule has 0 radical (unpaired) electrons. The highest BCUT2D eigenvalue weighted by atomic mass is 16.1. The van der Waals surface area contributed by atoms with E-state index in [1.54, 1.807) is 0 Å². The molecule has 1 aromatic carbocycles. The molecule has 2 aromatic rings. The predicted molar refractivity (Wildman–Crippen MR) is 81.3 cm³/mol. The van der Waals surface area contributed by atoms with Crippen LogP contribution in [0.4, 0.5) is 0 Å². The summed E-state index contributed by atoms with van der Waals surface area (Å²) < 4.78 is 1.87. The maximum Gasteiger partial charge on any atom is 0.259 e. The lowest BCUT2D eigenvalue weighted by atomic mass is 10.1. The SMILES string of the molecule is CCc1ccc(-n2c3c(cc(CN)c2=O)CCC3)cc1. The Hall–Kier alpha value is -1.87. The van der Waals surface area contributed by atoms with E-state index in [9.17, 15) is 4.79 Å². The van der Waals surface area contributed by atoms with E-state index < -0.39 is 0 Å². The van der Waals surface area contributed by atoms with Gasteiger partial charge in [0.2, 0.25) is 0 Å². The molecule has 3 nitrogen and oxygen atoms in total. The lowest BCUT2D eigenvalue weighted by molar-refractivity contribution is 0.837. The van der Waals surface area contributed by atoms with E-state index in [-0.39, 0.29) is 5.56 Å². The van der Waals surface area contributed by atoms with Crippen LogP contribution in [0.5, 0.6) is 0 Å². The molecule has 0 fully saturated rings. The van der Waals surface area contributed by atoms with Gasteiger partial charge in [0.05, 0.1) is 0 Å². The molecule has 3 heteroatoms. The molecule has 0 amide bonds. The van der Waals surface area contributed by atoms with Crippen molar-refractivity contribution in [3.8, 4) is 5.69 Å². The van der Waals surface area contributed by atoms with E-state index in [0.29, 0.717) is 12.1 Å². The van der Waals surface area contributed by atoms with Crippen LogP contribution in [-0.2, 0) is 25.8 Å². The van der Waals surface area contributed by atoms with Gasteiger partial charge in [0.1, 0.15) is 0 Å². The van der Waals surface area contributed by atoms with Crippen LogP contribution < -0.4 is 11.3 Å². The highest BCUT2D eigenvalue weighted by Gasteiger charge is 2.19. The molecule has 1 aliphatic rings. The van der Waals surface area contributed by atoms with Crippen LogP contribution in [0.25, 0.3) is 5.69 Å². The van der Waals surface area contributed by atoms with E-state index in [2.05, 4.69) is 19.1 Å². The zero-order chi connectivity index (χ0) is 14.1. The third-order valence-electron chi connectivity index (χ3n) is 4.15. The molecule has 0 spiro atoms. The molecule has 0 atom stereocenters. The number of aryl methyl sites for hydroxylation is 2. The molecular weight excluding hydrogens is 248 g/mol. The second-order valence-electron chi connectivity index (χ2n) is 5.36. The Labute approximate surface area is 119 Å². The molecule has 0 saturated carbocycles. The Morgan fingerprint density at radius 3 is 2.60 bits per heavy atom. The van der Waals surface area contributed by atoms with Crippen LogP contribution in [-0.4, -0.2) is 4.57 Å². The summed E-state index contributed by atoms with van der Waals surface area (Å²) in [5.74, 6) is 0. The van der Waals surface area contributed by atoms with E-state index in [4.69, 9.17) is 5.73 Å². The Morgan fingerprint density at radius 1 is 1.20 bits per heavy atom. The molecule has 0 saturated heterocycles. The quantitative estimate of drug-likeness (QED) is 0.929. The van der Waals surface area contributed by atoms with Crippen LogP contribution in [0, 0.1) is 0 Å². The molecular formula is C17H20N2O. The summed E-state index contributed by atoms with van der Waals surface area (Å²) in [6, 6.07) is 10.3. The van der Waals surface area contributed by atoms with Crippen molar-refractivity contribution >= 4 is 0 Å². The van der Waals surface area contributed by atoms with Crippen LogP contribution in [0.15, 0.2) is 35.1 Å². The van der Waals surface area contributed by atoms with Gasteiger partial charge in [-0.2, -0.15) is 0 Å². The third kappa shape index (κ3) is 2.08. The van der Waals surface area contributed by atoms with Crippen LogP contribution in [0.1, 0.15) is 35.7 Å². The number of pyridine rings is 1. The number of nitrogens with two attached hydrogens (primary N) is 1. The molecule has 0 bridgehead atoms. The Morgan fingerprint density at radius 2 is 1.95 bits per heavy atom. The molecule has 0 unspecified atom stereocenters. The van der Waals surface area contributed by atoms with Crippen molar-refractivity contribution in [1.29, 1.82) is 0 Å². The van der Waals surface area contributed by atoms with Crippen molar-refractivity contribution in [3.63, 3.8) is 0 Å². The first-order chi connectivity index (χ1) is 9.74. The molecule has 0 aliphatic heterocycles. The third-order valence-corrected chi connectivity index (χ3v) is 4.15. The number of hydrogen-bond donors (Lipinski definition) is 1. The fourth-order valence-electron chi connectivity index (χ4n) is 3.00. The predicted octanol–water partition coefficient (Wildman–Crippen LogP) is 2.35. The fourth-order valence-corrected chi connectivity index (χ4v) is 3.00. The van der Waals surface area contributed by atoms with Gasteiger partial charge in [-0.15, -0.1) is 0 Å². The van der Waals surface area contributed by atoms with E-state index in [0.717, 1.165) is 37.1 Å². The summed E-state index contributed by atoms with van der Waals surface area (Å²) in [6.45, 7) is 2.44. The van der Waals surface area contributed by atoms with Gasteiger partial charge in [0.15, 0.2) is 0 Å². The number of nitrogens with zero attached hydrogens (tertiary/aromatic N) is 1. The summed E-state index contributed by atoms with van der Waals surface area (Å²) in [5.41, 5.74) is 11.2. The lowest BCUT2D eigenvalue weighted by Crippen LogP contribution is -2.27. The zero-order valence-electron chi connectivity index (χ0n) is 11.9. The van der Waals surface area contributed by atoms with Crippen LogP contribution in [0.2, 0.25) is 0 Å². The van der Waals surface area contributed by atoms with Crippen molar-refractivity contribution in [3.05, 3.63) is 63.1 Å². The standard InChI is InChI=1S/C17H20N2O/c1-2-12-6-8-15(9-7-12)19-16-5-3-4-13(16)10-14(11-18)17(19)20/h6-10H,2-5,11,18H2,1H3.